The maximum Gasteiger partial charge on any atom is 0.271 e. The predicted octanol–water partition coefficient (Wildman–Crippen LogP) is -0.374. The van der Waals surface area contributed by atoms with Crippen molar-refractivity contribution in [1.82, 2.24) is 9.80 Å². The highest BCUT2D eigenvalue weighted by Gasteiger charge is 2.17. The quantitative estimate of drug-likeness (QED) is 0.557. The third-order valence-electron chi connectivity index (χ3n) is 4.02. The molecule has 6 heteroatoms. The van der Waals surface area contributed by atoms with Crippen LogP contribution in [-0.4, -0.2) is 61.0 Å². The molecule has 0 unspecified atom stereocenters. The molecule has 0 spiro atoms. The van der Waals surface area contributed by atoms with Crippen LogP contribution in [0.3, 0.4) is 0 Å². The Bertz CT molecular complexity index is 648. The molecule has 0 bridgehead atoms. The Kier molecular flexibility index (Phi) is 3.50. The average Bonchev–Trinajstić information content (AvgIpc) is 2.84. The van der Waals surface area contributed by atoms with Gasteiger partial charge in [0.05, 0.1) is 16.8 Å². The molecule has 1 saturated heterocycles. The maximum absolute atomic E-state index is 10.8. The van der Waals surface area contributed by atoms with Crippen molar-refractivity contribution in [3.8, 4) is 0 Å². The molecule has 0 atom stereocenters. The number of hydrogen-bond donors (Lipinski definition) is 0. The Morgan fingerprint density at radius 3 is 2.75 bits per heavy atom. The molecule has 0 amide bonds. The van der Waals surface area contributed by atoms with Crippen molar-refractivity contribution in [2.45, 2.75) is 0 Å². The van der Waals surface area contributed by atoms with E-state index in [4.69, 9.17) is 0 Å². The molecular weight excluding hydrogens is 256 g/mol. The summed E-state index contributed by atoms with van der Waals surface area (Å²) >= 11 is 0. The van der Waals surface area contributed by atoms with E-state index in [0.717, 1.165) is 43.3 Å². The van der Waals surface area contributed by atoms with E-state index in [2.05, 4.69) is 21.8 Å². The van der Waals surface area contributed by atoms with Gasteiger partial charge in [-0.3, -0.25) is 20.0 Å². The summed E-state index contributed by atoms with van der Waals surface area (Å²) in [5, 5.41) is 12.6. The van der Waals surface area contributed by atoms with Gasteiger partial charge in [-0.2, -0.15) is 0 Å². The highest BCUT2D eigenvalue weighted by atomic mass is 16.6. The van der Waals surface area contributed by atoms with Crippen LogP contribution in [0.15, 0.2) is 23.2 Å². The van der Waals surface area contributed by atoms with E-state index >= 15 is 0 Å². The Hall–Kier alpha value is -1.79. The molecular formula is C14H18N4O2. The average molecular weight is 274 g/mol. The van der Waals surface area contributed by atoms with E-state index in [1.165, 1.54) is 5.57 Å². The Balaban J connectivity index is 1.82. The third kappa shape index (κ3) is 2.57. The lowest BCUT2D eigenvalue weighted by Gasteiger charge is -2.32. The number of hydrogen-bond acceptors (Lipinski definition) is 5. The number of nitro groups is 1. The minimum Gasteiger partial charge on any atom is -0.304 e. The fraction of sp³-hybridized carbons (Fsp3) is 0.500. The molecule has 1 aromatic carbocycles. The van der Waals surface area contributed by atoms with Crippen LogP contribution in [-0.2, 0) is 0 Å². The summed E-state index contributed by atoms with van der Waals surface area (Å²) in [6, 6.07) is 4.99. The van der Waals surface area contributed by atoms with Gasteiger partial charge in [0.1, 0.15) is 0 Å². The topological polar surface area (TPSA) is 62.0 Å². The molecule has 0 saturated carbocycles. The van der Waals surface area contributed by atoms with Crippen LogP contribution in [0.1, 0.15) is 0 Å². The molecule has 6 nitrogen and oxygen atoms in total. The van der Waals surface area contributed by atoms with Gasteiger partial charge in [0.2, 0.25) is 0 Å². The van der Waals surface area contributed by atoms with Gasteiger partial charge in [0.25, 0.3) is 5.69 Å². The number of benzene rings is 1. The minimum atomic E-state index is -0.367. The molecule has 2 aliphatic rings. The van der Waals surface area contributed by atoms with E-state index in [1.807, 2.05) is 6.07 Å². The second-order valence-corrected chi connectivity index (χ2v) is 5.46. The summed E-state index contributed by atoms with van der Waals surface area (Å²) in [5.74, 6) is 0. The summed E-state index contributed by atoms with van der Waals surface area (Å²) in [6.45, 7) is 5.92. The fourth-order valence-corrected chi connectivity index (χ4v) is 2.74. The summed E-state index contributed by atoms with van der Waals surface area (Å²) in [6.07, 6.45) is 0. The van der Waals surface area contributed by atoms with Crippen LogP contribution < -0.4 is 10.6 Å². The van der Waals surface area contributed by atoms with Crippen LogP contribution >= 0.6 is 0 Å². The van der Waals surface area contributed by atoms with Crippen molar-refractivity contribution < 1.29 is 4.92 Å². The van der Waals surface area contributed by atoms with Gasteiger partial charge >= 0.3 is 0 Å². The molecule has 0 N–H and O–H groups in total. The molecule has 0 aliphatic carbocycles. The third-order valence-corrected chi connectivity index (χ3v) is 4.02. The van der Waals surface area contributed by atoms with Crippen molar-refractivity contribution in [2.24, 2.45) is 4.99 Å². The summed E-state index contributed by atoms with van der Waals surface area (Å²) in [4.78, 5) is 19.6. The standard InChI is InChI=1S/C14H18N4O2/c1-16-4-6-17(7-5-16)10-11-9-15-14-8-12(18(19)20)2-3-13(11)14/h2-3,8H,4-7,9-10H2,1H3. The molecule has 2 aliphatic heterocycles. The number of nitro benzene ring substituents is 1. The normalized spacial score (nSPS) is 19.8. The highest BCUT2D eigenvalue weighted by Crippen LogP contribution is 2.08. The number of rotatable bonds is 3. The molecule has 1 aromatic rings. The SMILES string of the molecule is CN1CCN(CC2=c3ccc([N+](=O)[O-])cc3=NC2)CC1. The summed E-state index contributed by atoms with van der Waals surface area (Å²) in [5.41, 5.74) is 1.40. The number of likely N-dealkylation sites (N-methyl/N-ethyl adjacent to an activating group) is 1. The first kappa shape index (κ1) is 13.2. The Morgan fingerprint density at radius 1 is 1.30 bits per heavy atom. The van der Waals surface area contributed by atoms with E-state index in [-0.39, 0.29) is 10.6 Å². The van der Waals surface area contributed by atoms with Gasteiger partial charge in [-0.15, -0.1) is 0 Å². The van der Waals surface area contributed by atoms with Gasteiger partial charge in [-0.25, -0.2) is 0 Å². The van der Waals surface area contributed by atoms with Crippen LogP contribution in [0, 0.1) is 10.1 Å². The van der Waals surface area contributed by atoms with Crippen molar-refractivity contribution in [3.05, 3.63) is 38.9 Å². The molecule has 0 radical (unpaired) electrons. The second-order valence-electron chi connectivity index (χ2n) is 5.46. The molecule has 1 fully saturated rings. The van der Waals surface area contributed by atoms with Crippen molar-refractivity contribution in [2.75, 3.05) is 46.3 Å². The molecule has 3 rings (SSSR count). The van der Waals surface area contributed by atoms with Crippen molar-refractivity contribution in [1.29, 1.82) is 0 Å². The molecule has 2 heterocycles. The highest BCUT2D eigenvalue weighted by molar-refractivity contribution is 5.52. The molecule has 106 valence electrons. The first-order valence-corrected chi connectivity index (χ1v) is 6.85. The lowest BCUT2D eigenvalue weighted by Crippen LogP contribution is -2.45. The minimum absolute atomic E-state index is 0.119. The zero-order chi connectivity index (χ0) is 14.1. The molecule has 0 aromatic heterocycles. The van der Waals surface area contributed by atoms with Crippen molar-refractivity contribution >= 4 is 11.3 Å². The van der Waals surface area contributed by atoms with Gasteiger partial charge in [0.15, 0.2) is 0 Å². The van der Waals surface area contributed by atoms with Gasteiger partial charge in [0, 0.05) is 50.1 Å². The smallest absolute Gasteiger partial charge is 0.271 e. The monoisotopic (exact) mass is 274 g/mol. The van der Waals surface area contributed by atoms with E-state index < -0.39 is 0 Å². The maximum atomic E-state index is 10.8. The van der Waals surface area contributed by atoms with Gasteiger partial charge in [-0.05, 0) is 18.7 Å². The van der Waals surface area contributed by atoms with Gasteiger partial charge in [-0.1, -0.05) is 0 Å². The van der Waals surface area contributed by atoms with E-state index in [1.54, 1.807) is 12.1 Å². The number of fused-ring (bicyclic) bond motifs is 1. The number of piperazine rings is 1. The zero-order valence-corrected chi connectivity index (χ0v) is 11.6. The van der Waals surface area contributed by atoms with Crippen LogP contribution in [0.2, 0.25) is 0 Å². The fourth-order valence-electron chi connectivity index (χ4n) is 2.74. The Labute approximate surface area is 117 Å². The largest absolute Gasteiger partial charge is 0.304 e. The lowest BCUT2D eigenvalue weighted by atomic mass is 10.1. The van der Waals surface area contributed by atoms with Crippen LogP contribution in [0.4, 0.5) is 5.69 Å². The van der Waals surface area contributed by atoms with E-state index in [0.29, 0.717) is 6.54 Å². The lowest BCUT2D eigenvalue weighted by molar-refractivity contribution is -0.385. The summed E-state index contributed by atoms with van der Waals surface area (Å²) in [7, 11) is 2.14. The zero-order valence-electron chi connectivity index (χ0n) is 11.6. The molecule has 20 heavy (non-hydrogen) atoms. The first-order chi connectivity index (χ1) is 9.63. The number of nitrogens with zero attached hydrogens (tertiary/aromatic N) is 4. The number of non-ortho nitro benzene ring substituents is 1. The Morgan fingerprint density at radius 2 is 2.05 bits per heavy atom. The summed E-state index contributed by atoms with van der Waals surface area (Å²) < 4.78 is 0. The van der Waals surface area contributed by atoms with E-state index in [9.17, 15) is 10.1 Å². The predicted molar refractivity (Wildman–Crippen MR) is 76.1 cm³/mol. The van der Waals surface area contributed by atoms with Crippen LogP contribution in [0.5, 0.6) is 0 Å². The second kappa shape index (κ2) is 5.30. The first-order valence-electron chi connectivity index (χ1n) is 6.85. The van der Waals surface area contributed by atoms with Crippen LogP contribution in [0.25, 0.3) is 5.57 Å². The van der Waals surface area contributed by atoms with Gasteiger partial charge < -0.3 is 4.90 Å². The van der Waals surface area contributed by atoms with Crippen molar-refractivity contribution in [3.63, 3.8) is 0 Å².